The Morgan fingerprint density at radius 3 is 2.77 bits per heavy atom. The molecule has 2 aromatic heterocycles. The quantitative estimate of drug-likeness (QED) is 0.255. The molecule has 0 unspecified atom stereocenters. The number of aromatic amines is 1. The van der Waals surface area contributed by atoms with Gasteiger partial charge in [0.25, 0.3) is 0 Å². The van der Waals surface area contributed by atoms with Gasteiger partial charge >= 0.3 is 0 Å². The van der Waals surface area contributed by atoms with E-state index in [2.05, 4.69) is 44.5 Å². The van der Waals surface area contributed by atoms with Crippen molar-refractivity contribution in [3.63, 3.8) is 0 Å². The van der Waals surface area contributed by atoms with Gasteiger partial charge in [-0.1, -0.05) is 60.1 Å². The lowest BCUT2D eigenvalue weighted by atomic mass is 10.0. The molecule has 0 saturated carbocycles. The zero-order valence-corrected chi connectivity index (χ0v) is 23.3. The summed E-state index contributed by atoms with van der Waals surface area (Å²) in [5.41, 5.74) is 5.07. The number of ketones is 1. The Kier molecular flexibility index (Phi) is 8.71. The number of likely N-dealkylation sites (N-methyl/N-ethyl adjacent to an activating group) is 1. The molecule has 0 radical (unpaired) electrons. The van der Waals surface area contributed by atoms with Crippen molar-refractivity contribution in [3.05, 3.63) is 89.2 Å². The third kappa shape index (κ3) is 7.12. The van der Waals surface area contributed by atoms with E-state index < -0.39 is 0 Å². The van der Waals surface area contributed by atoms with Crippen molar-refractivity contribution >= 4 is 34.2 Å². The van der Waals surface area contributed by atoms with Gasteiger partial charge in [-0.15, -0.1) is 0 Å². The highest BCUT2D eigenvalue weighted by Gasteiger charge is 2.21. The number of carbonyl (C=O) groups excluding carboxylic acids is 1. The summed E-state index contributed by atoms with van der Waals surface area (Å²) in [6.07, 6.45) is 9.69. The molecule has 1 fully saturated rings. The van der Waals surface area contributed by atoms with Crippen LogP contribution in [-0.2, 0) is 17.8 Å². The Morgan fingerprint density at radius 2 is 1.95 bits per heavy atom. The Morgan fingerprint density at radius 1 is 1.15 bits per heavy atom. The maximum atomic E-state index is 12.3. The molecule has 1 aliphatic rings. The van der Waals surface area contributed by atoms with Gasteiger partial charge in [-0.3, -0.25) is 9.69 Å². The topological polar surface area (TPSA) is 77.2 Å². The molecule has 0 aliphatic carbocycles. The van der Waals surface area contributed by atoms with Gasteiger partial charge in [-0.05, 0) is 50.2 Å². The van der Waals surface area contributed by atoms with Crippen LogP contribution in [0.25, 0.3) is 22.2 Å². The molecule has 202 valence electrons. The Labute approximate surface area is 234 Å². The molecule has 5 rings (SSSR count). The Hall–Kier alpha value is -3.52. The molecule has 7 nitrogen and oxygen atoms in total. The Balaban J connectivity index is 1.15. The zero-order valence-electron chi connectivity index (χ0n) is 22.5. The van der Waals surface area contributed by atoms with Crippen LogP contribution in [0.4, 0.5) is 5.95 Å². The van der Waals surface area contributed by atoms with Crippen molar-refractivity contribution in [3.8, 4) is 11.3 Å². The Bertz CT molecular complexity index is 1450. The van der Waals surface area contributed by atoms with E-state index in [-0.39, 0.29) is 5.78 Å². The maximum absolute atomic E-state index is 12.3. The minimum Gasteiger partial charge on any atom is -0.360 e. The van der Waals surface area contributed by atoms with Crippen LogP contribution in [0.5, 0.6) is 0 Å². The van der Waals surface area contributed by atoms with Crippen molar-refractivity contribution in [2.24, 2.45) is 0 Å². The number of allylic oxidation sites excluding steroid dienone is 1. The van der Waals surface area contributed by atoms with Crippen molar-refractivity contribution < 1.29 is 4.79 Å². The number of halogens is 1. The summed E-state index contributed by atoms with van der Waals surface area (Å²) in [5.74, 6) is 0.744. The molecule has 0 spiro atoms. The fraction of sp³-hybridized carbons (Fsp3) is 0.323. The van der Waals surface area contributed by atoms with E-state index in [0.29, 0.717) is 23.4 Å². The number of hydrogen-bond donors (Lipinski definition) is 2. The second-order valence-electron chi connectivity index (χ2n) is 10.5. The van der Waals surface area contributed by atoms with Crippen molar-refractivity contribution in [1.82, 2.24) is 24.8 Å². The summed E-state index contributed by atoms with van der Waals surface area (Å²) in [5, 5.41) is 5.16. The first kappa shape index (κ1) is 27.1. The number of nitrogens with zero attached hydrogens (tertiary/aromatic N) is 4. The molecule has 3 heterocycles. The second-order valence-corrected chi connectivity index (χ2v) is 10.9. The number of anilines is 1. The van der Waals surface area contributed by atoms with Crippen LogP contribution in [0.3, 0.4) is 0 Å². The first-order valence-electron chi connectivity index (χ1n) is 13.4. The minimum atomic E-state index is 0.137. The highest BCUT2D eigenvalue weighted by atomic mass is 35.5. The molecule has 1 saturated heterocycles. The summed E-state index contributed by atoms with van der Waals surface area (Å²) in [7, 11) is 3.98. The zero-order chi connectivity index (χ0) is 27.2. The maximum Gasteiger partial charge on any atom is 0.223 e. The predicted molar refractivity (Wildman–Crippen MR) is 159 cm³/mol. The smallest absolute Gasteiger partial charge is 0.223 e. The monoisotopic (exact) mass is 542 g/mol. The van der Waals surface area contributed by atoms with Gasteiger partial charge in [-0.2, -0.15) is 0 Å². The molecular weight excluding hydrogens is 508 g/mol. The normalized spacial score (nSPS) is 15.0. The van der Waals surface area contributed by atoms with E-state index in [1.807, 2.05) is 55.5 Å². The first-order valence-corrected chi connectivity index (χ1v) is 13.8. The average Bonchev–Trinajstić information content (AvgIpc) is 3.35. The molecular formula is C31H35ClN6O. The molecule has 1 aliphatic heterocycles. The molecule has 8 heteroatoms. The largest absolute Gasteiger partial charge is 0.360 e. The number of piperidine rings is 1. The number of benzene rings is 2. The lowest BCUT2D eigenvalue weighted by Crippen LogP contribution is -2.39. The van der Waals surface area contributed by atoms with E-state index in [0.717, 1.165) is 66.7 Å². The van der Waals surface area contributed by atoms with Gasteiger partial charge in [0.15, 0.2) is 5.78 Å². The van der Waals surface area contributed by atoms with Crippen LogP contribution in [0.1, 0.15) is 24.0 Å². The number of H-pyrrole nitrogens is 1. The van der Waals surface area contributed by atoms with Crippen molar-refractivity contribution in [2.75, 3.05) is 39.0 Å². The number of likely N-dealkylation sites (tertiary alicyclic amines) is 1. The highest BCUT2D eigenvalue weighted by molar-refractivity contribution is 6.33. The summed E-state index contributed by atoms with van der Waals surface area (Å²) >= 11 is 6.50. The van der Waals surface area contributed by atoms with Gasteiger partial charge in [0.05, 0.1) is 16.9 Å². The second kappa shape index (κ2) is 12.6. The molecule has 4 aromatic rings. The van der Waals surface area contributed by atoms with Crippen LogP contribution in [0, 0.1) is 0 Å². The van der Waals surface area contributed by atoms with Crippen LogP contribution in [0.15, 0.2) is 73.1 Å². The number of aromatic nitrogens is 3. The SMILES string of the molecule is CN(C)C/C=C/C(=O)Cc1cccc(CN2CCC(Nc3ncc(Cl)c(-c4c[nH]c5ccccc45)n3)CC2)c1. The summed E-state index contributed by atoms with van der Waals surface area (Å²) < 4.78 is 0. The third-order valence-corrected chi connectivity index (χ3v) is 7.34. The van der Waals surface area contributed by atoms with Gasteiger partial charge in [0, 0.05) is 61.3 Å². The van der Waals surface area contributed by atoms with Gasteiger partial charge in [0.1, 0.15) is 0 Å². The van der Waals surface area contributed by atoms with Gasteiger partial charge < -0.3 is 15.2 Å². The van der Waals surface area contributed by atoms with E-state index in [1.165, 1.54) is 5.56 Å². The van der Waals surface area contributed by atoms with E-state index in [1.54, 1.807) is 12.3 Å². The lowest BCUT2D eigenvalue weighted by molar-refractivity contribution is -0.114. The van der Waals surface area contributed by atoms with E-state index in [4.69, 9.17) is 16.6 Å². The van der Waals surface area contributed by atoms with Gasteiger partial charge in [0.2, 0.25) is 5.95 Å². The number of para-hydroxylation sites is 1. The minimum absolute atomic E-state index is 0.137. The van der Waals surface area contributed by atoms with Gasteiger partial charge in [-0.25, -0.2) is 9.97 Å². The summed E-state index contributed by atoms with van der Waals surface area (Å²) in [4.78, 5) is 29.3. The number of hydrogen-bond acceptors (Lipinski definition) is 6. The van der Waals surface area contributed by atoms with Crippen molar-refractivity contribution in [1.29, 1.82) is 0 Å². The highest BCUT2D eigenvalue weighted by Crippen LogP contribution is 2.32. The van der Waals surface area contributed by atoms with Crippen LogP contribution < -0.4 is 5.32 Å². The standard InChI is InChI=1S/C31H35ClN6O/c1-37(2)14-6-9-25(39)18-22-7-5-8-23(17-22)21-38-15-12-24(13-16-38)35-31-34-20-28(32)30(36-31)27-19-33-29-11-4-3-10-26(27)29/h3-11,17,19-20,24,33H,12-16,18,21H2,1-2H3,(H,34,35,36)/b9-6+. The molecule has 0 atom stereocenters. The third-order valence-electron chi connectivity index (χ3n) is 7.06. The van der Waals surface area contributed by atoms with Crippen LogP contribution in [0.2, 0.25) is 5.02 Å². The summed E-state index contributed by atoms with van der Waals surface area (Å²) in [6, 6.07) is 16.8. The first-order chi connectivity index (χ1) is 18.9. The molecule has 2 N–H and O–H groups in total. The lowest BCUT2D eigenvalue weighted by Gasteiger charge is -2.32. The number of rotatable bonds is 10. The predicted octanol–water partition coefficient (Wildman–Crippen LogP) is 5.58. The molecule has 39 heavy (non-hydrogen) atoms. The average molecular weight is 543 g/mol. The van der Waals surface area contributed by atoms with Crippen LogP contribution >= 0.6 is 11.6 Å². The molecule has 0 amide bonds. The van der Waals surface area contributed by atoms with E-state index in [9.17, 15) is 4.79 Å². The number of fused-ring (bicyclic) bond motifs is 1. The fourth-order valence-electron chi connectivity index (χ4n) is 5.06. The number of carbonyl (C=O) groups is 1. The summed E-state index contributed by atoms with van der Waals surface area (Å²) in [6.45, 7) is 3.62. The van der Waals surface area contributed by atoms with Crippen LogP contribution in [-0.4, -0.2) is 70.3 Å². The fourth-order valence-corrected chi connectivity index (χ4v) is 5.26. The molecule has 0 bridgehead atoms. The molecule has 2 aromatic carbocycles. The van der Waals surface area contributed by atoms with Crippen molar-refractivity contribution in [2.45, 2.75) is 31.8 Å². The number of nitrogens with one attached hydrogen (secondary N) is 2. The van der Waals surface area contributed by atoms with E-state index >= 15 is 0 Å².